The van der Waals surface area contributed by atoms with Gasteiger partial charge in [-0.2, -0.15) is 0 Å². The fourth-order valence-corrected chi connectivity index (χ4v) is 1.60. The van der Waals surface area contributed by atoms with E-state index in [4.69, 9.17) is 9.52 Å². The number of furan rings is 1. The highest BCUT2D eigenvalue weighted by Crippen LogP contribution is 2.24. The van der Waals surface area contributed by atoms with Crippen molar-refractivity contribution in [1.29, 1.82) is 0 Å². The van der Waals surface area contributed by atoms with Crippen LogP contribution in [0.4, 0.5) is 0 Å². The lowest BCUT2D eigenvalue weighted by Crippen LogP contribution is -1.97. The number of carbonyl (C=O) groups is 1. The highest BCUT2D eigenvalue weighted by atomic mass is 16.4. The highest BCUT2D eigenvalue weighted by Gasteiger charge is 2.17. The Labute approximate surface area is 70.0 Å². The van der Waals surface area contributed by atoms with Crippen LogP contribution in [0.3, 0.4) is 0 Å². The predicted molar refractivity (Wildman–Crippen MR) is 42.3 cm³/mol. The third kappa shape index (κ3) is 1.11. The maximum Gasteiger partial charge on any atom is 0.371 e. The Kier molecular flexibility index (Phi) is 1.64. The summed E-state index contributed by atoms with van der Waals surface area (Å²) in [6.45, 7) is 0. The van der Waals surface area contributed by atoms with E-state index in [-0.39, 0.29) is 5.76 Å². The molecule has 0 aromatic carbocycles. The van der Waals surface area contributed by atoms with E-state index in [0.29, 0.717) is 0 Å². The molecule has 1 aromatic rings. The lowest BCUT2D eigenvalue weighted by Gasteiger charge is -2.07. The maximum absolute atomic E-state index is 10.5. The summed E-state index contributed by atoms with van der Waals surface area (Å²) in [5, 5.41) is 8.64. The Morgan fingerprint density at radius 1 is 1.42 bits per heavy atom. The second kappa shape index (κ2) is 2.66. The summed E-state index contributed by atoms with van der Waals surface area (Å²) in [4.78, 5) is 10.5. The smallest absolute Gasteiger partial charge is 0.371 e. The van der Waals surface area contributed by atoms with E-state index < -0.39 is 5.97 Å². The van der Waals surface area contributed by atoms with E-state index in [0.717, 1.165) is 37.0 Å². The van der Waals surface area contributed by atoms with Crippen molar-refractivity contribution in [2.24, 2.45) is 0 Å². The molecule has 0 saturated heterocycles. The lowest BCUT2D eigenvalue weighted by atomic mass is 9.99. The van der Waals surface area contributed by atoms with E-state index in [2.05, 4.69) is 0 Å². The van der Waals surface area contributed by atoms with Crippen molar-refractivity contribution < 1.29 is 14.3 Å². The molecule has 0 aliphatic heterocycles. The average molecular weight is 166 g/mol. The number of hydrogen-bond donors (Lipinski definition) is 1. The molecule has 3 heteroatoms. The SMILES string of the molecule is O=C(O)c1cc2c(o1)CCCC2. The molecule has 64 valence electrons. The van der Waals surface area contributed by atoms with Crippen molar-refractivity contribution in [3.05, 3.63) is 23.2 Å². The number of hydrogen-bond acceptors (Lipinski definition) is 2. The summed E-state index contributed by atoms with van der Waals surface area (Å²) < 4.78 is 5.17. The number of carboxylic acids is 1. The van der Waals surface area contributed by atoms with Crippen molar-refractivity contribution in [2.75, 3.05) is 0 Å². The standard InChI is InChI=1S/C9H10O3/c10-9(11)8-5-6-3-1-2-4-7(6)12-8/h5H,1-4H2,(H,10,11). The number of carboxylic acid groups (broad SMARTS) is 1. The van der Waals surface area contributed by atoms with Crippen LogP contribution in [-0.2, 0) is 12.8 Å². The van der Waals surface area contributed by atoms with Crippen LogP contribution >= 0.6 is 0 Å². The predicted octanol–water partition coefficient (Wildman–Crippen LogP) is 1.86. The first-order chi connectivity index (χ1) is 5.77. The minimum absolute atomic E-state index is 0.0851. The second-order valence-corrected chi connectivity index (χ2v) is 3.07. The fourth-order valence-electron chi connectivity index (χ4n) is 1.60. The van der Waals surface area contributed by atoms with Gasteiger partial charge in [0.2, 0.25) is 5.76 Å². The molecule has 1 aliphatic carbocycles. The van der Waals surface area contributed by atoms with Crippen molar-refractivity contribution in [3.63, 3.8) is 0 Å². The van der Waals surface area contributed by atoms with Gasteiger partial charge in [-0.3, -0.25) is 0 Å². The average Bonchev–Trinajstić information content (AvgIpc) is 2.46. The van der Waals surface area contributed by atoms with E-state index >= 15 is 0 Å². The first-order valence-electron chi connectivity index (χ1n) is 4.12. The highest BCUT2D eigenvalue weighted by molar-refractivity contribution is 5.84. The summed E-state index contributed by atoms with van der Waals surface area (Å²) in [7, 11) is 0. The summed E-state index contributed by atoms with van der Waals surface area (Å²) >= 11 is 0. The Hall–Kier alpha value is -1.25. The van der Waals surface area contributed by atoms with Gasteiger partial charge in [-0.25, -0.2) is 4.79 Å². The first-order valence-corrected chi connectivity index (χ1v) is 4.12. The molecule has 0 atom stereocenters. The molecule has 1 aliphatic rings. The van der Waals surface area contributed by atoms with Gasteiger partial charge in [0.1, 0.15) is 5.76 Å². The summed E-state index contributed by atoms with van der Waals surface area (Å²) in [6.07, 6.45) is 4.11. The van der Waals surface area contributed by atoms with Crippen molar-refractivity contribution in [3.8, 4) is 0 Å². The molecule has 0 radical (unpaired) electrons. The van der Waals surface area contributed by atoms with Crippen LogP contribution in [0.25, 0.3) is 0 Å². The largest absolute Gasteiger partial charge is 0.475 e. The monoisotopic (exact) mass is 166 g/mol. The second-order valence-electron chi connectivity index (χ2n) is 3.07. The van der Waals surface area contributed by atoms with Gasteiger partial charge in [0.15, 0.2) is 0 Å². The zero-order valence-electron chi connectivity index (χ0n) is 6.67. The third-order valence-electron chi connectivity index (χ3n) is 2.21. The molecule has 1 heterocycles. The van der Waals surface area contributed by atoms with Gasteiger partial charge in [0.25, 0.3) is 0 Å². The summed E-state index contributed by atoms with van der Waals surface area (Å²) in [5.41, 5.74) is 1.08. The van der Waals surface area contributed by atoms with E-state index in [9.17, 15) is 4.79 Å². The molecule has 0 unspecified atom stereocenters. The summed E-state index contributed by atoms with van der Waals surface area (Å²) in [6, 6.07) is 1.65. The topological polar surface area (TPSA) is 50.4 Å². The number of aryl methyl sites for hydroxylation is 2. The van der Waals surface area contributed by atoms with Crippen molar-refractivity contribution in [1.82, 2.24) is 0 Å². The van der Waals surface area contributed by atoms with E-state index in [1.165, 1.54) is 0 Å². The van der Waals surface area contributed by atoms with Crippen LogP contribution in [0.2, 0.25) is 0 Å². The molecule has 0 fully saturated rings. The van der Waals surface area contributed by atoms with Gasteiger partial charge in [-0.05, 0) is 30.9 Å². The third-order valence-corrected chi connectivity index (χ3v) is 2.21. The first kappa shape index (κ1) is 7.40. The van der Waals surface area contributed by atoms with Crippen LogP contribution in [-0.4, -0.2) is 11.1 Å². The quantitative estimate of drug-likeness (QED) is 0.692. The van der Waals surface area contributed by atoms with Gasteiger partial charge in [0.05, 0.1) is 0 Å². The summed E-state index contributed by atoms with van der Waals surface area (Å²) in [5.74, 6) is -0.00931. The van der Waals surface area contributed by atoms with Crippen LogP contribution < -0.4 is 0 Å². The van der Waals surface area contributed by atoms with Gasteiger partial charge in [0, 0.05) is 6.42 Å². The number of rotatable bonds is 1. The minimum Gasteiger partial charge on any atom is -0.475 e. The zero-order valence-corrected chi connectivity index (χ0v) is 6.67. The molecule has 0 saturated carbocycles. The molecular formula is C9H10O3. The Morgan fingerprint density at radius 3 is 2.83 bits per heavy atom. The molecular weight excluding hydrogens is 156 g/mol. The molecule has 3 nitrogen and oxygen atoms in total. The van der Waals surface area contributed by atoms with Gasteiger partial charge in [-0.15, -0.1) is 0 Å². The van der Waals surface area contributed by atoms with E-state index in [1.54, 1.807) is 6.07 Å². The van der Waals surface area contributed by atoms with Crippen molar-refractivity contribution >= 4 is 5.97 Å². The molecule has 0 amide bonds. The lowest BCUT2D eigenvalue weighted by molar-refractivity contribution is 0.0660. The Morgan fingerprint density at radius 2 is 2.17 bits per heavy atom. The zero-order chi connectivity index (χ0) is 8.55. The molecule has 1 aromatic heterocycles. The van der Waals surface area contributed by atoms with E-state index in [1.807, 2.05) is 0 Å². The number of fused-ring (bicyclic) bond motifs is 1. The fraction of sp³-hybridized carbons (Fsp3) is 0.444. The molecule has 12 heavy (non-hydrogen) atoms. The maximum atomic E-state index is 10.5. The molecule has 1 N–H and O–H groups in total. The normalized spacial score (nSPS) is 15.7. The van der Waals surface area contributed by atoms with Gasteiger partial charge >= 0.3 is 5.97 Å². The van der Waals surface area contributed by atoms with Gasteiger partial charge in [-0.1, -0.05) is 0 Å². The molecule has 2 rings (SSSR count). The van der Waals surface area contributed by atoms with Crippen LogP contribution in [0, 0.1) is 0 Å². The Balaban J connectivity index is 2.38. The van der Waals surface area contributed by atoms with Crippen LogP contribution in [0.5, 0.6) is 0 Å². The molecule has 0 bridgehead atoms. The minimum atomic E-state index is -0.968. The van der Waals surface area contributed by atoms with Crippen molar-refractivity contribution in [2.45, 2.75) is 25.7 Å². The molecule has 0 spiro atoms. The van der Waals surface area contributed by atoms with Gasteiger partial charge < -0.3 is 9.52 Å². The number of aromatic carboxylic acids is 1. The van der Waals surface area contributed by atoms with Crippen LogP contribution in [0.1, 0.15) is 34.7 Å². The Bertz CT molecular complexity index is 288. The van der Waals surface area contributed by atoms with Crippen LogP contribution in [0.15, 0.2) is 10.5 Å².